The maximum atomic E-state index is 11.5. The average molecular weight is 301 g/mol. The Kier molecular flexibility index (Phi) is 6.44. The Bertz CT molecular complexity index is 421. The van der Waals surface area contributed by atoms with Gasteiger partial charge in [0, 0.05) is 25.4 Å². The van der Waals surface area contributed by atoms with Gasteiger partial charge in [-0.15, -0.1) is 0 Å². The lowest BCUT2D eigenvalue weighted by molar-refractivity contribution is -0.140. The molecule has 0 bridgehead atoms. The molecule has 9 heteroatoms. The van der Waals surface area contributed by atoms with E-state index in [1.54, 1.807) is 0 Å². The van der Waals surface area contributed by atoms with Crippen LogP contribution in [0.2, 0.25) is 0 Å². The molecular weight excluding hydrogens is 282 g/mol. The molecule has 0 aromatic heterocycles. The summed E-state index contributed by atoms with van der Waals surface area (Å²) in [6.07, 6.45) is 1.49. The van der Waals surface area contributed by atoms with Crippen molar-refractivity contribution in [3.8, 4) is 0 Å². The van der Waals surface area contributed by atoms with E-state index in [-0.39, 0.29) is 37.8 Å². The van der Waals surface area contributed by atoms with Crippen molar-refractivity contribution in [1.82, 2.24) is 16.0 Å². The van der Waals surface area contributed by atoms with Gasteiger partial charge < -0.3 is 26.2 Å². The summed E-state index contributed by atoms with van der Waals surface area (Å²) in [4.78, 5) is 44.0. The maximum Gasteiger partial charge on any atom is 0.326 e. The molecular formula is C12H19N3O6. The zero-order valence-corrected chi connectivity index (χ0v) is 11.4. The van der Waals surface area contributed by atoms with Gasteiger partial charge in [0.1, 0.15) is 6.04 Å². The van der Waals surface area contributed by atoms with Crippen molar-refractivity contribution in [2.75, 3.05) is 6.54 Å². The van der Waals surface area contributed by atoms with E-state index in [9.17, 15) is 19.2 Å². The van der Waals surface area contributed by atoms with Crippen molar-refractivity contribution in [3.05, 3.63) is 0 Å². The van der Waals surface area contributed by atoms with Gasteiger partial charge >= 0.3 is 18.0 Å². The summed E-state index contributed by atoms with van der Waals surface area (Å²) < 4.78 is 0. The predicted octanol–water partition coefficient (Wildman–Crippen LogP) is -0.728. The smallest absolute Gasteiger partial charge is 0.326 e. The summed E-state index contributed by atoms with van der Waals surface area (Å²) in [6, 6.07) is -1.77. The van der Waals surface area contributed by atoms with Crippen LogP contribution in [0, 0.1) is 0 Å². The summed E-state index contributed by atoms with van der Waals surface area (Å²) >= 11 is 0. The Morgan fingerprint density at radius 1 is 1.10 bits per heavy atom. The molecule has 118 valence electrons. The maximum absolute atomic E-state index is 11.5. The van der Waals surface area contributed by atoms with E-state index >= 15 is 0 Å². The van der Waals surface area contributed by atoms with E-state index in [2.05, 4.69) is 16.0 Å². The SMILES string of the molecule is O=C(O)CC[C@H](NC(=O)NCCC(=O)NC1CC1)C(=O)O. The first-order valence-electron chi connectivity index (χ1n) is 6.67. The average Bonchev–Trinajstić information content (AvgIpc) is 3.17. The fourth-order valence-electron chi connectivity index (χ4n) is 1.55. The number of aliphatic carboxylic acids is 2. The second-order valence-corrected chi connectivity index (χ2v) is 4.82. The van der Waals surface area contributed by atoms with Crippen LogP contribution >= 0.6 is 0 Å². The Morgan fingerprint density at radius 3 is 2.29 bits per heavy atom. The Morgan fingerprint density at radius 2 is 1.76 bits per heavy atom. The van der Waals surface area contributed by atoms with Gasteiger partial charge in [-0.2, -0.15) is 0 Å². The lowest BCUT2D eigenvalue weighted by atomic mass is 10.1. The molecule has 0 radical (unpaired) electrons. The topological polar surface area (TPSA) is 145 Å². The van der Waals surface area contributed by atoms with Gasteiger partial charge in [-0.1, -0.05) is 0 Å². The summed E-state index contributed by atoms with van der Waals surface area (Å²) in [5.41, 5.74) is 0. The normalized spacial score (nSPS) is 14.9. The summed E-state index contributed by atoms with van der Waals surface area (Å²) in [7, 11) is 0. The lowest BCUT2D eigenvalue weighted by Crippen LogP contribution is -2.46. The van der Waals surface area contributed by atoms with Crippen LogP contribution in [0.25, 0.3) is 0 Å². The van der Waals surface area contributed by atoms with E-state index in [0.29, 0.717) is 0 Å². The van der Waals surface area contributed by atoms with Gasteiger partial charge in [0.25, 0.3) is 0 Å². The highest BCUT2D eigenvalue weighted by Crippen LogP contribution is 2.18. The number of hydrogen-bond donors (Lipinski definition) is 5. The number of amides is 3. The molecule has 1 atom stereocenters. The first kappa shape index (κ1) is 16.7. The number of carboxylic acid groups (broad SMARTS) is 2. The monoisotopic (exact) mass is 301 g/mol. The quantitative estimate of drug-likeness (QED) is 0.380. The van der Waals surface area contributed by atoms with Crippen molar-refractivity contribution in [3.63, 3.8) is 0 Å². The molecule has 0 heterocycles. The number of nitrogens with one attached hydrogen (secondary N) is 3. The Hall–Kier alpha value is -2.32. The number of carboxylic acids is 2. The highest BCUT2D eigenvalue weighted by Gasteiger charge is 2.23. The standard InChI is InChI=1S/C12H19N3O6/c16-9(14-7-1-2-7)5-6-13-12(21)15-8(11(19)20)3-4-10(17)18/h7-8H,1-6H2,(H,14,16)(H,17,18)(H,19,20)(H2,13,15,21)/t8-/m0/s1. The van der Waals surface area contributed by atoms with Gasteiger partial charge in [-0.05, 0) is 19.3 Å². The minimum Gasteiger partial charge on any atom is -0.481 e. The zero-order chi connectivity index (χ0) is 15.8. The molecule has 0 unspecified atom stereocenters. The van der Waals surface area contributed by atoms with Crippen LogP contribution in [-0.2, 0) is 14.4 Å². The minimum atomic E-state index is -1.31. The fraction of sp³-hybridized carbons (Fsp3) is 0.667. The third-order valence-electron chi connectivity index (χ3n) is 2.83. The van der Waals surface area contributed by atoms with Crippen LogP contribution in [0.15, 0.2) is 0 Å². The van der Waals surface area contributed by atoms with Crippen molar-refractivity contribution >= 4 is 23.9 Å². The van der Waals surface area contributed by atoms with E-state index in [1.807, 2.05) is 0 Å². The first-order chi connectivity index (χ1) is 9.88. The third kappa shape index (κ3) is 7.75. The van der Waals surface area contributed by atoms with Crippen LogP contribution in [-0.4, -0.2) is 52.7 Å². The fourth-order valence-corrected chi connectivity index (χ4v) is 1.55. The predicted molar refractivity (Wildman–Crippen MR) is 70.6 cm³/mol. The molecule has 0 saturated heterocycles. The van der Waals surface area contributed by atoms with Crippen molar-refractivity contribution in [2.45, 2.75) is 44.2 Å². The number of urea groups is 1. The highest BCUT2D eigenvalue weighted by atomic mass is 16.4. The van der Waals surface area contributed by atoms with Crippen LogP contribution < -0.4 is 16.0 Å². The molecule has 0 spiro atoms. The molecule has 1 rings (SSSR count). The largest absolute Gasteiger partial charge is 0.481 e. The highest BCUT2D eigenvalue weighted by molar-refractivity contribution is 5.83. The second kappa shape index (κ2) is 8.08. The van der Waals surface area contributed by atoms with Crippen LogP contribution in [0.1, 0.15) is 32.1 Å². The molecule has 0 aromatic rings. The number of carbonyl (C=O) groups is 4. The first-order valence-corrected chi connectivity index (χ1v) is 6.67. The van der Waals surface area contributed by atoms with Gasteiger partial charge in [0.15, 0.2) is 0 Å². The molecule has 3 amide bonds. The van der Waals surface area contributed by atoms with Gasteiger partial charge in [0.05, 0.1) is 0 Å². The van der Waals surface area contributed by atoms with E-state index in [0.717, 1.165) is 12.8 Å². The minimum absolute atomic E-state index is 0.0790. The number of hydrogen-bond acceptors (Lipinski definition) is 4. The molecule has 1 saturated carbocycles. The Balaban J connectivity index is 2.20. The van der Waals surface area contributed by atoms with Gasteiger partial charge in [-0.25, -0.2) is 9.59 Å². The van der Waals surface area contributed by atoms with Crippen molar-refractivity contribution in [2.24, 2.45) is 0 Å². The van der Waals surface area contributed by atoms with Crippen LogP contribution in [0.5, 0.6) is 0 Å². The molecule has 1 aliphatic rings. The molecule has 9 nitrogen and oxygen atoms in total. The van der Waals surface area contributed by atoms with Crippen LogP contribution in [0.3, 0.4) is 0 Å². The van der Waals surface area contributed by atoms with Crippen molar-refractivity contribution in [1.29, 1.82) is 0 Å². The molecule has 21 heavy (non-hydrogen) atoms. The van der Waals surface area contributed by atoms with Gasteiger partial charge in [-0.3, -0.25) is 9.59 Å². The summed E-state index contributed by atoms with van der Waals surface area (Å²) in [5.74, 6) is -2.61. The van der Waals surface area contributed by atoms with Crippen molar-refractivity contribution < 1.29 is 29.4 Å². The van der Waals surface area contributed by atoms with E-state index < -0.39 is 24.0 Å². The molecule has 5 N–H and O–H groups in total. The number of rotatable bonds is 9. The Labute approximate surface area is 121 Å². The second-order valence-electron chi connectivity index (χ2n) is 4.82. The van der Waals surface area contributed by atoms with Crippen LogP contribution in [0.4, 0.5) is 4.79 Å². The van der Waals surface area contributed by atoms with E-state index in [1.165, 1.54) is 0 Å². The molecule has 1 fully saturated rings. The van der Waals surface area contributed by atoms with Gasteiger partial charge in [0.2, 0.25) is 5.91 Å². The molecule has 1 aliphatic carbocycles. The zero-order valence-electron chi connectivity index (χ0n) is 11.4. The lowest BCUT2D eigenvalue weighted by Gasteiger charge is -2.14. The van der Waals surface area contributed by atoms with E-state index in [4.69, 9.17) is 10.2 Å². The summed E-state index contributed by atoms with van der Waals surface area (Å²) in [5, 5.41) is 24.6. The molecule has 0 aromatic carbocycles. The third-order valence-corrected chi connectivity index (χ3v) is 2.83. The molecule has 0 aliphatic heterocycles. The number of carbonyl (C=O) groups excluding carboxylic acids is 2. The summed E-state index contributed by atoms with van der Waals surface area (Å²) in [6.45, 7) is 0.0790.